The minimum absolute atomic E-state index is 0.0323. The molecule has 2 aromatic rings. The number of carbonyl (C=O) groups excluding carboxylic acids is 2. The van der Waals surface area contributed by atoms with Gasteiger partial charge in [0.05, 0.1) is 25.5 Å². The fourth-order valence-electron chi connectivity index (χ4n) is 2.48. The van der Waals surface area contributed by atoms with Crippen molar-refractivity contribution in [1.29, 1.82) is 0 Å². The zero-order valence-corrected chi connectivity index (χ0v) is 15.5. The Morgan fingerprint density at radius 1 is 1.07 bits per heavy atom. The third-order valence-corrected chi connectivity index (χ3v) is 3.85. The van der Waals surface area contributed by atoms with Crippen LogP contribution in [0.3, 0.4) is 0 Å². The van der Waals surface area contributed by atoms with E-state index in [-0.39, 0.29) is 5.69 Å². The molecule has 0 heterocycles. The highest BCUT2D eigenvalue weighted by Gasteiger charge is 2.31. The van der Waals surface area contributed by atoms with Gasteiger partial charge in [0.1, 0.15) is 18.0 Å². The highest BCUT2D eigenvalue weighted by atomic mass is 19.4. The van der Waals surface area contributed by atoms with Crippen LogP contribution in [-0.4, -0.2) is 32.6 Å². The lowest BCUT2D eigenvalue weighted by Crippen LogP contribution is -2.36. The molecule has 0 saturated heterocycles. The van der Waals surface area contributed by atoms with Gasteiger partial charge in [-0.05, 0) is 30.3 Å². The Labute approximate surface area is 159 Å². The van der Waals surface area contributed by atoms with Crippen molar-refractivity contribution < 1.29 is 32.2 Å². The molecule has 1 N–H and O–H groups in total. The van der Waals surface area contributed by atoms with E-state index in [1.807, 2.05) is 0 Å². The highest BCUT2D eigenvalue weighted by molar-refractivity contribution is 6.02. The summed E-state index contributed by atoms with van der Waals surface area (Å²) in [5.41, 5.74) is -0.638. The Morgan fingerprint density at radius 3 is 2.36 bits per heavy atom. The van der Waals surface area contributed by atoms with Gasteiger partial charge >= 0.3 is 6.18 Å². The van der Waals surface area contributed by atoms with Crippen molar-refractivity contribution >= 4 is 23.2 Å². The molecule has 0 aliphatic rings. The first-order chi connectivity index (χ1) is 13.2. The maximum Gasteiger partial charge on any atom is 0.416 e. The lowest BCUT2D eigenvalue weighted by molar-refractivity contribution is -0.137. The molecular weight excluding hydrogens is 377 g/mol. The highest BCUT2D eigenvalue weighted by Crippen LogP contribution is 2.32. The third kappa shape index (κ3) is 5.15. The fourth-order valence-corrected chi connectivity index (χ4v) is 2.48. The lowest BCUT2D eigenvalue weighted by Gasteiger charge is -2.22. The zero-order chi connectivity index (χ0) is 20.9. The summed E-state index contributed by atoms with van der Waals surface area (Å²) in [6.07, 6.45) is -4.56. The molecule has 0 unspecified atom stereocenters. The molecule has 0 bridgehead atoms. The minimum atomic E-state index is -4.56. The normalized spacial score (nSPS) is 10.9. The van der Waals surface area contributed by atoms with E-state index in [1.165, 1.54) is 39.3 Å². The molecule has 2 aromatic carbocycles. The Morgan fingerprint density at radius 2 is 1.79 bits per heavy atom. The Balaban J connectivity index is 2.24. The first-order valence-corrected chi connectivity index (χ1v) is 8.13. The molecule has 2 rings (SSSR count). The molecule has 0 aliphatic carbocycles. The van der Waals surface area contributed by atoms with E-state index in [2.05, 4.69) is 5.32 Å². The van der Waals surface area contributed by atoms with E-state index in [9.17, 15) is 22.8 Å². The quantitative estimate of drug-likeness (QED) is 0.808. The smallest absolute Gasteiger partial charge is 0.416 e. The summed E-state index contributed by atoms with van der Waals surface area (Å²) < 4.78 is 49.0. The number of carbonyl (C=O) groups is 2. The number of alkyl halides is 3. The molecule has 0 fully saturated rings. The van der Waals surface area contributed by atoms with Gasteiger partial charge < -0.3 is 19.7 Å². The summed E-state index contributed by atoms with van der Waals surface area (Å²) in [5, 5.41) is 2.58. The largest absolute Gasteiger partial charge is 0.497 e. The molecular formula is C19H19F3N2O4. The number of halogens is 3. The average molecular weight is 396 g/mol. The molecule has 150 valence electrons. The number of hydrogen-bond donors (Lipinski definition) is 1. The third-order valence-electron chi connectivity index (χ3n) is 3.85. The summed E-state index contributed by atoms with van der Waals surface area (Å²) in [5.74, 6) is -0.355. The maximum atomic E-state index is 12.9. The monoisotopic (exact) mass is 396 g/mol. The molecule has 0 saturated carbocycles. The number of ether oxygens (including phenoxy) is 2. The summed E-state index contributed by atoms with van der Waals surface area (Å²) in [7, 11) is 2.88. The number of nitrogens with one attached hydrogen (secondary N) is 1. The van der Waals surface area contributed by atoms with E-state index in [4.69, 9.17) is 9.47 Å². The predicted molar refractivity (Wildman–Crippen MR) is 97.6 cm³/mol. The zero-order valence-electron chi connectivity index (χ0n) is 15.5. The van der Waals surface area contributed by atoms with E-state index in [1.54, 1.807) is 12.1 Å². The van der Waals surface area contributed by atoms with E-state index < -0.39 is 30.1 Å². The molecule has 0 aromatic heterocycles. The second-order valence-corrected chi connectivity index (χ2v) is 5.77. The van der Waals surface area contributed by atoms with E-state index in [0.717, 1.165) is 17.0 Å². The number of nitrogens with zero attached hydrogens (tertiary/aromatic N) is 1. The van der Waals surface area contributed by atoms with Crippen LogP contribution in [0, 0.1) is 0 Å². The molecule has 0 spiro atoms. The summed E-state index contributed by atoms with van der Waals surface area (Å²) in [6, 6.07) is 8.97. The molecule has 0 atom stereocenters. The number of anilines is 2. The minimum Gasteiger partial charge on any atom is -0.497 e. The van der Waals surface area contributed by atoms with Crippen LogP contribution in [-0.2, 0) is 15.8 Å². The van der Waals surface area contributed by atoms with Gasteiger partial charge in [-0.25, -0.2) is 0 Å². The first-order valence-electron chi connectivity index (χ1n) is 8.13. The van der Waals surface area contributed by atoms with Crippen LogP contribution < -0.4 is 19.7 Å². The van der Waals surface area contributed by atoms with Crippen molar-refractivity contribution in [2.45, 2.75) is 13.1 Å². The van der Waals surface area contributed by atoms with Crippen LogP contribution in [0.4, 0.5) is 24.5 Å². The van der Waals surface area contributed by atoms with Gasteiger partial charge in [0.2, 0.25) is 11.8 Å². The predicted octanol–water partition coefficient (Wildman–Crippen LogP) is 3.71. The number of rotatable bonds is 6. The van der Waals surface area contributed by atoms with Crippen molar-refractivity contribution in [3.63, 3.8) is 0 Å². The van der Waals surface area contributed by atoms with Crippen LogP contribution in [0.2, 0.25) is 0 Å². The van der Waals surface area contributed by atoms with Crippen LogP contribution >= 0.6 is 0 Å². The van der Waals surface area contributed by atoms with Crippen LogP contribution in [0.15, 0.2) is 42.5 Å². The molecule has 0 radical (unpaired) electrons. The van der Waals surface area contributed by atoms with Crippen molar-refractivity contribution in [3.8, 4) is 11.5 Å². The molecule has 6 nitrogen and oxygen atoms in total. The van der Waals surface area contributed by atoms with Gasteiger partial charge in [-0.3, -0.25) is 9.59 Å². The SMILES string of the molecule is COc1ccc(OC)c(NC(=O)CN(C(C)=O)c2cccc(C(F)(F)F)c2)c1. The summed E-state index contributed by atoms with van der Waals surface area (Å²) >= 11 is 0. The van der Waals surface area contributed by atoms with Gasteiger partial charge in [-0.1, -0.05) is 6.07 Å². The van der Waals surface area contributed by atoms with Gasteiger partial charge in [-0.15, -0.1) is 0 Å². The number of hydrogen-bond acceptors (Lipinski definition) is 4. The standard InChI is InChI=1S/C19H19F3N2O4/c1-12(25)24(14-6-4-5-13(9-14)19(20,21)22)11-18(26)23-16-10-15(27-2)7-8-17(16)28-3/h4-10H,11H2,1-3H3,(H,23,26). The Kier molecular flexibility index (Phi) is 6.50. The topological polar surface area (TPSA) is 67.9 Å². The van der Waals surface area contributed by atoms with Crippen molar-refractivity contribution in [1.82, 2.24) is 0 Å². The average Bonchev–Trinajstić information content (AvgIpc) is 2.65. The molecule has 0 aliphatic heterocycles. The van der Waals surface area contributed by atoms with Crippen molar-refractivity contribution in [2.75, 3.05) is 31.0 Å². The number of methoxy groups -OCH3 is 2. The summed E-state index contributed by atoms with van der Waals surface area (Å²) in [6.45, 7) is 0.691. The Hall–Kier alpha value is -3.23. The molecule has 2 amide bonds. The first kappa shape index (κ1) is 21.1. The Bertz CT molecular complexity index is 868. The van der Waals surface area contributed by atoms with Crippen molar-refractivity contribution in [2.24, 2.45) is 0 Å². The van der Waals surface area contributed by atoms with Crippen LogP contribution in [0.25, 0.3) is 0 Å². The van der Waals surface area contributed by atoms with Crippen molar-refractivity contribution in [3.05, 3.63) is 48.0 Å². The number of amides is 2. The van der Waals surface area contributed by atoms with Gasteiger partial charge in [0.25, 0.3) is 0 Å². The maximum absolute atomic E-state index is 12.9. The van der Waals surface area contributed by atoms with Gasteiger partial charge in [0.15, 0.2) is 0 Å². The van der Waals surface area contributed by atoms with Gasteiger partial charge in [-0.2, -0.15) is 13.2 Å². The second-order valence-electron chi connectivity index (χ2n) is 5.77. The van der Waals surface area contributed by atoms with E-state index >= 15 is 0 Å². The molecule has 9 heteroatoms. The van der Waals surface area contributed by atoms with Crippen LogP contribution in [0.5, 0.6) is 11.5 Å². The molecule has 28 heavy (non-hydrogen) atoms. The fraction of sp³-hybridized carbons (Fsp3) is 0.263. The number of benzene rings is 2. The van der Waals surface area contributed by atoms with Gasteiger partial charge in [0, 0.05) is 18.7 Å². The second kappa shape index (κ2) is 8.64. The van der Waals surface area contributed by atoms with E-state index in [0.29, 0.717) is 17.2 Å². The summed E-state index contributed by atoms with van der Waals surface area (Å²) in [4.78, 5) is 25.3. The van der Waals surface area contributed by atoms with Crippen LogP contribution in [0.1, 0.15) is 12.5 Å². The lowest BCUT2D eigenvalue weighted by atomic mass is 10.1.